The lowest BCUT2D eigenvalue weighted by molar-refractivity contribution is 0.0372. The standard InChI is InChI=1S/C23H27FN6O2/c24-18-12-16(2-3-21(18)30-7-1-9-31-11-8-30)19-13-20-22(27-5-4-26-20)23(29-19)28-15-17-14-25-6-10-32-17/h2-5,12-13,17,25H,1,6-11,14-15H2,(H,28,29). The quantitative estimate of drug-likeness (QED) is 0.629. The van der Waals surface area contributed by atoms with Gasteiger partial charge in [0.25, 0.3) is 0 Å². The Morgan fingerprint density at radius 3 is 2.94 bits per heavy atom. The third kappa shape index (κ3) is 4.64. The summed E-state index contributed by atoms with van der Waals surface area (Å²) >= 11 is 0. The molecule has 3 aromatic rings. The van der Waals surface area contributed by atoms with Gasteiger partial charge in [-0.25, -0.2) is 14.4 Å². The Morgan fingerprint density at radius 2 is 2.06 bits per heavy atom. The van der Waals surface area contributed by atoms with Gasteiger partial charge >= 0.3 is 0 Å². The zero-order chi connectivity index (χ0) is 21.8. The number of ether oxygens (including phenoxy) is 2. The van der Waals surface area contributed by atoms with Crippen LogP contribution in [-0.4, -0.2) is 73.6 Å². The van der Waals surface area contributed by atoms with Crippen LogP contribution < -0.4 is 15.5 Å². The van der Waals surface area contributed by atoms with Crippen LogP contribution >= 0.6 is 0 Å². The summed E-state index contributed by atoms with van der Waals surface area (Å²) in [6.45, 7) is 5.74. The molecule has 2 aromatic heterocycles. The summed E-state index contributed by atoms with van der Waals surface area (Å²) in [7, 11) is 0. The Bertz CT molecular complexity index is 1070. The van der Waals surface area contributed by atoms with Crippen LogP contribution in [0.1, 0.15) is 6.42 Å². The lowest BCUT2D eigenvalue weighted by Crippen LogP contribution is -2.42. The van der Waals surface area contributed by atoms with E-state index in [1.54, 1.807) is 18.5 Å². The van der Waals surface area contributed by atoms with Crippen LogP contribution in [0.3, 0.4) is 0 Å². The highest BCUT2D eigenvalue weighted by molar-refractivity contribution is 5.88. The lowest BCUT2D eigenvalue weighted by Gasteiger charge is -2.24. The van der Waals surface area contributed by atoms with Crippen LogP contribution in [-0.2, 0) is 9.47 Å². The molecule has 5 rings (SSSR count). The number of fused-ring (bicyclic) bond motifs is 1. The van der Waals surface area contributed by atoms with E-state index in [-0.39, 0.29) is 11.9 Å². The van der Waals surface area contributed by atoms with E-state index in [4.69, 9.17) is 14.5 Å². The first kappa shape index (κ1) is 21.0. The van der Waals surface area contributed by atoms with Gasteiger partial charge in [-0.2, -0.15) is 0 Å². The van der Waals surface area contributed by atoms with Gasteiger partial charge in [0.05, 0.1) is 36.2 Å². The van der Waals surface area contributed by atoms with Crippen LogP contribution in [0.2, 0.25) is 0 Å². The predicted octanol–water partition coefficient (Wildman–Crippen LogP) is 2.46. The average molecular weight is 439 g/mol. The Morgan fingerprint density at radius 1 is 1.12 bits per heavy atom. The Labute approximate surface area is 186 Å². The normalized spacial score (nSPS) is 19.7. The molecule has 1 aromatic carbocycles. The third-order valence-corrected chi connectivity index (χ3v) is 5.76. The van der Waals surface area contributed by atoms with E-state index < -0.39 is 0 Å². The molecule has 32 heavy (non-hydrogen) atoms. The second-order valence-corrected chi connectivity index (χ2v) is 7.98. The van der Waals surface area contributed by atoms with E-state index in [2.05, 4.69) is 20.6 Å². The van der Waals surface area contributed by atoms with Crippen LogP contribution in [0.5, 0.6) is 0 Å². The molecular formula is C23H27FN6O2. The van der Waals surface area contributed by atoms with E-state index in [9.17, 15) is 0 Å². The first-order valence-electron chi connectivity index (χ1n) is 11.1. The zero-order valence-electron chi connectivity index (χ0n) is 17.9. The van der Waals surface area contributed by atoms with Crippen LogP contribution in [0.15, 0.2) is 36.7 Å². The molecule has 2 N–H and O–H groups in total. The minimum absolute atomic E-state index is 0.0512. The molecule has 4 heterocycles. The van der Waals surface area contributed by atoms with Gasteiger partial charge in [0, 0.05) is 57.3 Å². The van der Waals surface area contributed by atoms with Crippen molar-refractivity contribution in [3.05, 3.63) is 42.5 Å². The molecule has 2 aliphatic heterocycles. The summed E-state index contributed by atoms with van der Waals surface area (Å²) in [4.78, 5) is 15.7. The molecule has 168 valence electrons. The number of hydrogen-bond donors (Lipinski definition) is 2. The highest BCUT2D eigenvalue weighted by Gasteiger charge is 2.18. The Kier molecular flexibility index (Phi) is 6.38. The minimum Gasteiger partial charge on any atom is -0.380 e. The maximum Gasteiger partial charge on any atom is 0.154 e. The second-order valence-electron chi connectivity index (χ2n) is 7.98. The van der Waals surface area contributed by atoms with E-state index in [0.717, 1.165) is 32.7 Å². The molecule has 2 fully saturated rings. The summed E-state index contributed by atoms with van der Waals surface area (Å²) in [5.74, 6) is 0.357. The van der Waals surface area contributed by atoms with E-state index in [0.29, 0.717) is 60.1 Å². The van der Waals surface area contributed by atoms with Gasteiger partial charge in [0.2, 0.25) is 0 Å². The van der Waals surface area contributed by atoms with Gasteiger partial charge < -0.3 is 25.0 Å². The summed E-state index contributed by atoms with van der Waals surface area (Å²) in [5.41, 5.74) is 3.33. The third-order valence-electron chi connectivity index (χ3n) is 5.76. The topological polar surface area (TPSA) is 84.4 Å². The van der Waals surface area contributed by atoms with Crippen molar-refractivity contribution in [3.63, 3.8) is 0 Å². The van der Waals surface area contributed by atoms with Crippen molar-refractivity contribution in [1.29, 1.82) is 0 Å². The molecule has 0 saturated carbocycles. The van der Waals surface area contributed by atoms with Gasteiger partial charge in [0.15, 0.2) is 5.82 Å². The van der Waals surface area contributed by atoms with Gasteiger partial charge in [0.1, 0.15) is 11.3 Å². The van der Waals surface area contributed by atoms with Crippen molar-refractivity contribution >= 4 is 22.5 Å². The number of aromatic nitrogens is 3. The first-order chi connectivity index (χ1) is 15.8. The predicted molar refractivity (Wildman–Crippen MR) is 121 cm³/mol. The number of hydrogen-bond acceptors (Lipinski definition) is 8. The fourth-order valence-corrected chi connectivity index (χ4v) is 4.11. The number of halogens is 1. The van der Waals surface area contributed by atoms with Crippen LogP contribution in [0, 0.1) is 5.82 Å². The molecule has 0 radical (unpaired) electrons. The summed E-state index contributed by atoms with van der Waals surface area (Å²) in [6.07, 6.45) is 4.24. The van der Waals surface area contributed by atoms with E-state index in [1.165, 1.54) is 0 Å². The number of benzene rings is 1. The van der Waals surface area contributed by atoms with Crippen molar-refractivity contribution in [2.75, 3.05) is 62.8 Å². The molecule has 8 nitrogen and oxygen atoms in total. The number of rotatable bonds is 5. The van der Waals surface area contributed by atoms with Crippen molar-refractivity contribution in [2.24, 2.45) is 0 Å². The largest absolute Gasteiger partial charge is 0.380 e. The first-order valence-corrected chi connectivity index (χ1v) is 11.1. The van der Waals surface area contributed by atoms with Crippen molar-refractivity contribution in [2.45, 2.75) is 12.5 Å². The molecular weight excluding hydrogens is 411 g/mol. The highest BCUT2D eigenvalue weighted by Crippen LogP contribution is 2.29. The van der Waals surface area contributed by atoms with Crippen LogP contribution in [0.4, 0.5) is 15.9 Å². The lowest BCUT2D eigenvalue weighted by atomic mass is 10.1. The molecule has 1 unspecified atom stereocenters. The zero-order valence-corrected chi connectivity index (χ0v) is 17.9. The number of nitrogens with one attached hydrogen (secondary N) is 2. The van der Waals surface area contributed by atoms with E-state index >= 15 is 4.39 Å². The minimum atomic E-state index is -0.262. The molecule has 0 bridgehead atoms. The molecule has 2 saturated heterocycles. The number of anilines is 2. The van der Waals surface area contributed by atoms with Crippen LogP contribution in [0.25, 0.3) is 22.3 Å². The Balaban J connectivity index is 1.43. The van der Waals surface area contributed by atoms with Crippen molar-refractivity contribution in [1.82, 2.24) is 20.3 Å². The SMILES string of the molecule is Fc1cc(-c2cc3nccnc3c(NCC3CNCCO3)n2)ccc1N1CCCOCC1. The maximum atomic E-state index is 15.1. The fraction of sp³-hybridized carbons (Fsp3) is 0.435. The molecule has 9 heteroatoms. The van der Waals surface area contributed by atoms with Gasteiger partial charge in [-0.05, 0) is 24.6 Å². The number of pyridine rings is 1. The summed E-state index contributed by atoms with van der Waals surface area (Å²) in [5, 5.41) is 6.68. The second kappa shape index (κ2) is 9.72. The smallest absolute Gasteiger partial charge is 0.154 e. The van der Waals surface area contributed by atoms with E-state index in [1.807, 2.05) is 23.1 Å². The van der Waals surface area contributed by atoms with Crippen molar-refractivity contribution < 1.29 is 13.9 Å². The number of morpholine rings is 1. The van der Waals surface area contributed by atoms with Gasteiger partial charge in [-0.3, -0.25) is 4.98 Å². The highest BCUT2D eigenvalue weighted by atomic mass is 19.1. The molecule has 0 aliphatic carbocycles. The Hall–Kier alpha value is -2.88. The van der Waals surface area contributed by atoms with Gasteiger partial charge in [-0.15, -0.1) is 0 Å². The fourth-order valence-electron chi connectivity index (χ4n) is 4.11. The van der Waals surface area contributed by atoms with Crippen molar-refractivity contribution in [3.8, 4) is 11.3 Å². The molecule has 1 atom stereocenters. The monoisotopic (exact) mass is 438 g/mol. The molecule has 0 amide bonds. The summed E-state index contributed by atoms with van der Waals surface area (Å²) in [6, 6.07) is 7.13. The number of nitrogens with zero attached hydrogens (tertiary/aromatic N) is 4. The molecule has 2 aliphatic rings. The summed E-state index contributed by atoms with van der Waals surface area (Å²) < 4.78 is 26.3. The molecule has 0 spiro atoms. The average Bonchev–Trinajstić information content (AvgIpc) is 3.12. The maximum absolute atomic E-state index is 15.1. The van der Waals surface area contributed by atoms with Gasteiger partial charge in [-0.1, -0.05) is 6.07 Å².